The summed E-state index contributed by atoms with van der Waals surface area (Å²) in [5.41, 5.74) is 2.98. The lowest BCUT2D eigenvalue weighted by atomic mass is 9.93. The van der Waals surface area contributed by atoms with Gasteiger partial charge in [0.1, 0.15) is 0 Å². The molecule has 2 rings (SSSR count). The van der Waals surface area contributed by atoms with Gasteiger partial charge in [0.05, 0.1) is 0 Å². The number of hydrogen-bond acceptors (Lipinski definition) is 1. The zero-order chi connectivity index (χ0) is 11.4. The van der Waals surface area contributed by atoms with E-state index in [1.807, 2.05) is 0 Å². The van der Waals surface area contributed by atoms with Gasteiger partial charge in [-0.15, -0.1) is 0 Å². The van der Waals surface area contributed by atoms with Crippen molar-refractivity contribution in [3.05, 3.63) is 35.4 Å². The van der Waals surface area contributed by atoms with E-state index in [-0.39, 0.29) is 0 Å². The largest absolute Gasteiger partial charge is 0.317 e. The minimum Gasteiger partial charge on any atom is -0.317 e. The van der Waals surface area contributed by atoms with Gasteiger partial charge in [-0.1, -0.05) is 30.7 Å². The summed E-state index contributed by atoms with van der Waals surface area (Å²) in [5, 5.41) is 3.46. The topological polar surface area (TPSA) is 12.0 Å². The van der Waals surface area contributed by atoms with Crippen molar-refractivity contribution < 1.29 is 0 Å². The summed E-state index contributed by atoms with van der Waals surface area (Å²) < 4.78 is 0. The van der Waals surface area contributed by atoms with Crippen molar-refractivity contribution in [3.8, 4) is 0 Å². The van der Waals surface area contributed by atoms with Gasteiger partial charge in [-0.2, -0.15) is 0 Å². The van der Waals surface area contributed by atoms with Crippen LogP contribution >= 0.6 is 0 Å². The Kier molecular flexibility index (Phi) is 4.00. The summed E-state index contributed by atoms with van der Waals surface area (Å²) >= 11 is 0. The number of benzene rings is 1. The maximum atomic E-state index is 3.46. The molecular formula is C15H23N. The molecule has 1 aliphatic carbocycles. The first-order valence-electron chi connectivity index (χ1n) is 6.53. The minimum atomic E-state index is 0.768. The molecule has 2 unspecified atom stereocenters. The molecule has 1 aromatic carbocycles. The first-order chi connectivity index (χ1) is 7.81. The van der Waals surface area contributed by atoms with E-state index in [1.165, 1.54) is 43.2 Å². The van der Waals surface area contributed by atoms with Crippen LogP contribution in [0.1, 0.15) is 36.8 Å². The molecule has 2 atom stereocenters. The van der Waals surface area contributed by atoms with Crippen LogP contribution in [-0.4, -0.2) is 13.1 Å². The predicted octanol–water partition coefficient (Wildman–Crippen LogP) is 3.32. The zero-order valence-electron chi connectivity index (χ0n) is 10.5. The molecule has 0 heterocycles. The van der Waals surface area contributed by atoms with Crippen molar-refractivity contribution >= 4 is 0 Å². The molecule has 0 aliphatic heterocycles. The highest BCUT2D eigenvalue weighted by Crippen LogP contribution is 2.29. The summed E-state index contributed by atoms with van der Waals surface area (Å²) in [6.45, 7) is 2.22. The summed E-state index contributed by atoms with van der Waals surface area (Å²) in [5.74, 6) is 0.893. The second-order valence-electron chi connectivity index (χ2n) is 5.05. The van der Waals surface area contributed by atoms with Crippen molar-refractivity contribution in [1.82, 2.24) is 5.32 Å². The van der Waals surface area contributed by atoms with E-state index < -0.39 is 0 Å². The zero-order valence-corrected chi connectivity index (χ0v) is 10.5. The van der Waals surface area contributed by atoms with Crippen molar-refractivity contribution in [2.24, 2.45) is 5.92 Å². The van der Waals surface area contributed by atoms with Gasteiger partial charge in [-0.25, -0.2) is 0 Å². The first kappa shape index (κ1) is 11.7. The molecule has 88 valence electrons. The van der Waals surface area contributed by atoms with E-state index in [0.29, 0.717) is 0 Å². The fourth-order valence-corrected chi connectivity index (χ4v) is 2.99. The lowest BCUT2D eigenvalue weighted by Gasteiger charge is -2.19. The van der Waals surface area contributed by atoms with Gasteiger partial charge in [-0.05, 0) is 56.7 Å². The second kappa shape index (κ2) is 5.49. The molecule has 16 heavy (non-hydrogen) atoms. The molecule has 1 aromatic rings. The highest BCUT2D eigenvalue weighted by molar-refractivity contribution is 5.25. The third kappa shape index (κ3) is 2.65. The summed E-state index contributed by atoms with van der Waals surface area (Å²) in [6, 6.07) is 9.55. The predicted molar refractivity (Wildman–Crippen MR) is 69.7 cm³/mol. The maximum Gasteiger partial charge on any atom is 0.00924 e. The van der Waals surface area contributed by atoms with Gasteiger partial charge in [0, 0.05) is 6.04 Å². The Balaban J connectivity index is 1.90. The molecule has 0 radical (unpaired) electrons. The van der Waals surface area contributed by atoms with Gasteiger partial charge < -0.3 is 5.32 Å². The van der Waals surface area contributed by atoms with Crippen LogP contribution in [0.25, 0.3) is 0 Å². The number of aryl methyl sites for hydroxylation is 2. The van der Waals surface area contributed by atoms with Crippen molar-refractivity contribution in [1.29, 1.82) is 0 Å². The molecular weight excluding hydrogens is 194 g/mol. The van der Waals surface area contributed by atoms with Crippen LogP contribution in [0.2, 0.25) is 0 Å². The minimum absolute atomic E-state index is 0.768. The van der Waals surface area contributed by atoms with Crippen LogP contribution in [0.15, 0.2) is 24.3 Å². The first-order valence-corrected chi connectivity index (χ1v) is 6.53. The van der Waals surface area contributed by atoms with Crippen molar-refractivity contribution in [2.75, 3.05) is 7.05 Å². The molecule has 1 heteroatoms. The molecule has 0 aromatic heterocycles. The molecule has 1 aliphatic rings. The van der Waals surface area contributed by atoms with E-state index in [2.05, 4.69) is 43.6 Å². The van der Waals surface area contributed by atoms with Gasteiger partial charge in [-0.3, -0.25) is 0 Å². The Morgan fingerprint density at radius 2 is 2.06 bits per heavy atom. The summed E-state index contributed by atoms with van der Waals surface area (Å²) in [6.07, 6.45) is 6.78. The Hall–Kier alpha value is -0.820. The normalized spacial score (nSPS) is 24.9. The average Bonchev–Trinajstić information content (AvgIpc) is 2.75. The van der Waals surface area contributed by atoms with Crippen LogP contribution in [0.4, 0.5) is 0 Å². The third-order valence-corrected chi connectivity index (χ3v) is 4.08. The molecule has 0 saturated heterocycles. The molecule has 1 nitrogen and oxygen atoms in total. The Morgan fingerprint density at radius 3 is 2.81 bits per heavy atom. The lowest BCUT2D eigenvalue weighted by Crippen LogP contribution is -2.29. The van der Waals surface area contributed by atoms with Crippen molar-refractivity contribution in [2.45, 2.75) is 45.1 Å². The monoisotopic (exact) mass is 217 g/mol. The lowest BCUT2D eigenvalue weighted by molar-refractivity contribution is 0.400. The standard InChI is InChI=1S/C15H23N/c1-12-6-3-4-7-13(12)10-11-14-8-5-9-15(14)16-2/h3-4,6-7,14-16H,5,8-11H2,1-2H3. The number of hydrogen-bond donors (Lipinski definition) is 1. The molecule has 1 saturated carbocycles. The van der Waals surface area contributed by atoms with Crippen LogP contribution in [0.3, 0.4) is 0 Å². The van der Waals surface area contributed by atoms with Crippen LogP contribution < -0.4 is 5.32 Å². The van der Waals surface area contributed by atoms with Gasteiger partial charge in [0.15, 0.2) is 0 Å². The number of rotatable bonds is 4. The summed E-state index contributed by atoms with van der Waals surface area (Å²) in [7, 11) is 2.11. The highest BCUT2D eigenvalue weighted by atomic mass is 14.9. The second-order valence-corrected chi connectivity index (χ2v) is 5.05. The highest BCUT2D eigenvalue weighted by Gasteiger charge is 2.25. The van der Waals surface area contributed by atoms with Gasteiger partial charge in [0.25, 0.3) is 0 Å². The van der Waals surface area contributed by atoms with E-state index in [0.717, 1.165) is 12.0 Å². The van der Waals surface area contributed by atoms with Crippen LogP contribution in [0.5, 0.6) is 0 Å². The van der Waals surface area contributed by atoms with Gasteiger partial charge >= 0.3 is 0 Å². The van der Waals surface area contributed by atoms with E-state index in [9.17, 15) is 0 Å². The Morgan fingerprint density at radius 1 is 1.25 bits per heavy atom. The molecule has 0 amide bonds. The van der Waals surface area contributed by atoms with E-state index in [1.54, 1.807) is 0 Å². The molecule has 0 bridgehead atoms. The van der Waals surface area contributed by atoms with Crippen molar-refractivity contribution in [3.63, 3.8) is 0 Å². The smallest absolute Gasteiger partial charge is 0.00924 e. The molecule has 1 fully saturated rings. The van der Waals surface area contributed by atoms with Crippen LogP contribution in [-0.2, 0) is 6.42 Å². The van der Waals surface area contributed by atoms with Gasteiger partial charge in [0.2, 0.25) is 0 Å². The maximum absolute atomic E-state index is 3.46. The third-order valence-electron chi connectivity index (χ3n) is 4.08. The molecule has 0 spiro atoms. The average molecular weight is 217 g/mol. The quantitative estimate of drug-likeness (QED) is 0.816. The fraction of sp³-hybridized carbons (Fsp3) is 0.600. The molecule has 1 N–H and O–H groups in total. The van der Waals surface area contributed by atoms with Crippen LogP contribution in [0, 0.1) is 12.8 Å². The SMILES string of the molecule is CNC1CCCC1CCc1ccccc1C. The Labute approximate surface area is 99.3 Å². The fourth-order valence-electron chi connectivity index (χ4n) is 2.99. The van der Waals surface area contributed by atoms with E-state index >= 15 is 0 Å². The summed E-state index contributed by atoms with van der Waals surface area (Å²) in [4.78, 5) is 0. The van der Waals surface area contributed by atoms with E-state index in [4.69, 9.17) is 0 Å². The Bertz CT molecular complexity index is 332. The number of nitrogens with one attached hydrogen (secondary N) is 1.